The van der Waals surface area contributed by atoms with E-state index in [-0.39, 0.29) is 23.9 Å². The van der Waals surface area contributed by atoms with Gasteiger partial charge < -0.3 is 14.8 Å². The molecule has 3 aliphatic rings. The van der Waals surface area contributed by atoms with Crippen LogP contribution in [0.5, 0.6) is 0 Å². The van der Waals surface area contributed by atoms with Crippen LogP contribution in [0.25, 0.3) is 10.2 Å². The van der Waals surface area contributed by atoms with Crippen molar-refractivity contribution >= 4 is 33.4 Å². The van der Waals surface area contributed by atoms with Gasteiger partial charge in [-0.15, -0.1) is 11.3 Å². The lowest BCUT2D eigenvalue weighted by molar-refractivity contribution is -0.135. The van der Waals surface area contributed by atoms with Gasteiger partial charge in [-0.25, -0.2) is 0 Å². The minimum Gasteiger partial charge on any atom is -0.351 e. The molecule has 2 aromatic heterocycles. The summed E-state index contributed by atoms with van der Waals surface area (Å²) in [6.45, 7) is 4.85. The van der Waals surface area contributed by atoms with Crippen LogP contribution in [0, 0.1) is 5.92 Å². The second-order valence-corrected chi connectivity index (χ2v) is 11.3. The first-order valence-electron chi connectivity index (χ1n) is 12.2. The molecule has 0 radical (unpaired) electrons. The normalized spacial score (nSPS) is 30.3. The summed E-state index contributed by atoms with van der Waals surface area (Å²) in [5.74, 6) is 0.820. The maximum atomic E-state index is 13.9. The smallest absolute Gasteiger partial charge is 0.271 e. The second-order valence-electron chi connectivity index (χ2n) is 10.3. The van der Waals surface area contributed by atoms with E-state index in [2.05, 4.69) is 28.3 Å². The molecule has 2 fully saturated rings. The van der Waals surface area contributed by atoms with E-state index < -0.39 is 5.54 Å². The maximum Gasteiger partial charge on any atom is 0.271 e. The standard InChI is InChI=1S/C25H35N3O2S/c1-17-9-11-18(12-10-17)26-24(30)25(2)16-27-20-13-14-31-22(20)15-21(27)23(29)28(25)19-7-5-3-4-6-8-19/h13-15,17-19H,3-12,16H2,1-2H3,(H,26,30). The van der Waals surface area contributed by atoms with Crippen molar-refractivity contribution in [2.45, 2.75) is 102 Å². The molecule has 0 spiro atoms. The third kappa shape index (κ3) is 3.71. The van der Waals surface area contributed by atoms with Gasteiger partial charge in [0, 0.05) is 12.1 Å². The van der Waals surface area contributed by atoms with Crippen LogP contribution in [-0.2, 0) is 11.3 Å². The SMILES string of the molecule is CC1CCC(NC(=O)C2(C)Cn3c(cc4sccc43)C(=O)N2C2CCCCCC2)CC1. The fourth-order valence-electron chi connectivity index (χ4n) is 6.07. The van der Waals surface area contributed by atoms with Crippen LogP contribution < -0.4 is 5.32 Å². The topological polar surface area (TPSA) is 54.3 Å². The van der Waals surface area contributed by atoms with E-state index in [4.69, 9.17) is 0 Å². The molecule has 31 heavy (non-hydrogen) atoms. The van der Waals surface area contributed by atoms with Gasteiger partial charge in [0.2, 0.25) is 5.91 Å². The maximum absolute atomic E-state index is 13.9. The predicted octanol–water partition coefficient (Wildman–Crippen LogP) is 5.34. The van der Waals surface area contributed by atoms with Crippen molar-refractivity contribution < 1.29 is 9.59 Å². The number of amides is 2. The van der Waals surface area contributed by atoms with E-state index in [1.807, 2.05) is 17.9 Å². The second kappa shape index (κ2) is 8.27. The number of rotatable bonds is 3. The third-order valence-electron chi connectivity index (χ3n) is 7.99. The van der Waals surface area contributed by atoms with Crippen molar-refractivity contribution in [2.24, 2.45) is 5.92 Å². The summed E-state index contributed by atoms with van der Waals surface area (Å²) in [5.41, 5.74) is 0.984. The van der Waals surface area contributed by atoms with E-state index in [0.29, 0.717) is 6.54 Å². The molecule has 2 amide bonds. The quantitative estimate of drug-likeness (QED) is 0.654. The monoisotopic (exact) mass is 441 g/mol. The van der Waals surface area contributed by atoms with E-state index in [9.17, 15) is 9.59 Å². The Bertz CT molecular complexity index is 963. The van der Waals surface area contributed by atoms with E-state index in [0.717, 1.165) is 60.4 Å². The fraction of sp³-hybridized carbons (Fsp3) is 0.680. The molecule has 0 aromatic carbocycles. The number of aromatic nitrogens is 1. The molecule has 2 aliphatic carbocycles. The number of nitrogens with zero attached hydrogens (tertiary/aromatic N) is 2. The lowest BCUT2D eigenvalue weighted by Crippen LogP contribution is -2.67. The summed E-state index contributed by atoms with van der Waals surface area (Å²) < 4.78 is 3.24. The summed E-state index contributed by atoms with van der Waals surface area (Å²) in [5, 5.41) is 5.45. The van der Waals surface area contributed by atoms with Crippen LogP contribution in [0.4, 0.5) is 0 Å². The molecule has 1 aliphatic heterocycles. The lowest BCUT2D eigenvalue weighted by atomic mass is 9.86. The molecule has 0 saturated heterocycles. The molecule has 168 valence electrons. The van der Waals surface area contributed by atoms with Crippen molar-refractivity contribution in [1.29, 1.82) is 0 Å². The number of carbonyl (C=O) groups is 2. The molecule has 1 unspecified atom stereocenters. The molecule has 1 N–H and O–H groups in total. The fourth-order valence-corrected chi connectivity index (χ4v) is 6.89. The molecule has 0 bridgehead atoms. The van der Waals surface area contributed by atoms with Gasteiger partial charge >= 0.3 is 0 Å². The van der Waals surface area contributed by atoms with Gasteiger partial charge in [-0.05, 0) is 68.9 Å². The Morgan fingerprint density at radius 3 is 2.52 bits per heavy atom. The number of nitrogens with one attached hydrogen (secondary N) is 1. The highest BCUT2D eigenvalue weighted by Crippen LogP contribution is 2.38. The van der Waals surface area contributed by atoms with Crippen molar-refractivity contribution in [3.63, 3.8) is 0 Å². The van der Waals surface area contributed by atoms with Crippen LogP contribution in [0.3, 0.4) is 0 Å². The van der Waals surface area contributed by atoms with Crippen molar-refractivity contribution in [3.05, 3.63) is 23.2 Å². The first-order chi connectivity index (χ1) is 15.0. The zero-order valence-corrected chi connectivity index (χ0v) is 19.7. The molecular weight excluding hydrogens is 406 g/mol. The van der Waals surface area contributed by atoms with Gasteiger partial charge in [0.05, 0.1) is 16.8 Å². The lowest BCUT2D eigenvalue weighted by Gasteiger charge is -2.48. The van der Waals surface area contributed by atoms with Gasteiger partial charge in [0.1, 0.15) is 11.2 Å². The number of fused-ring (bicyclic) bond motifs is 3. The number of thiophene rings is 1. The van der Waals surface area contributed by atoms with Gasteiger partial charge in [0.25, 0.3) is 5.91 Å². The first-order valence-corrected chi connectivity index (χ1v) is 13.1. The number of hydrogen-bond donors (Lipinski definition) is 1. The Morgan fingerprint density at radius 1 is 1.10 bits per heavy atom. The average molecular weight is 442 g/mol. The van der Waals surface area contributed by atoms with E-state index in [1.54, 1.807) is 11.3 Å². The van der Waals surface area contributed by atoms with Crippen molar-refractivity contribution in [1.82, 2.24) is 14.8 Å². The molecule has 1 atom stereocenters. The first kappa shape index (κ1) is 21.0. The van der Waals surface area contributed by atoms with Crippen LogP contribution in [-0.4, -0.2) is 38.9 Å². The van der Waals surface area contributed by atoms with E-state index >= 15 is 0 Å². The minimum atomic E-state index is -0.851. The molecule has 2 saturated carbocycles. The van der Waals surface area contributed by atoms with Crippen LogP contribution in [0.2, 0.25) is 0 Å². The minimum absolute atomic E-state index is 0.0346. The Labute approximate surface area is 189 Å². The van der Waals surface area contributed by atoms with Crippen molar-refractivity contribution in [3.8, 4) is 0 Å². The summed E-state index contributed by atoms with van der Waals surface area (Å²) in [7, 11) is 0. The Balaban J connectivity index is 1.50. The largest absolute Gasteiger partial charge is 0.351 e. The van der Waals surface area contributed by atoms with Gasteiger partial charge in [-0.2, -0.15) is 0 Å². The Hall–Kier alpha value is -1.82. The third-order valence-corrected chi connectivity index (χ3v) is 8.84. The number of hydrogen-bond acceptors (Lipinski definition) is 3. The van der Waals surface area contributed by atoms with Crippen molar-refractivity contribution in [2.75, 3.05) is 0 Å². The zero-order valence-electron chi connectivity index (χ0n) is 18.9. The summed E-state index contributed by atoms with van der Waals surface area (Å²) in [6.07, 6.45) is 11.2. The van der Waals surface area contributed by atoms with Crippen LogP contribution in [0.1, 0.15) is 88.5 Å². The molecule has 6 heteroatoms. The Kier molecular flexibility index (Phi) is 5.61. The molecule has 3 heterocycles. The highest BCUT2D eigenvalue weighted by molar-refractivity contribution is 7.17. The summed E-state index contributed by atoms with van der Waals surface area (Å²) in [4.78, 5) is 29.7. The van der Waals surface area contributed by atoms with E-state index in [1.165, 1.54) is 25.7 Å². The summed E-state index contributed by atoms with van der Waals surface area (Å²) in [6, 6.07) is 4.50. The average Bonchev–Trinajstić information content (AvgIpc) is 3.23. The van der Waals surface area contributed by atoms with Crippen LogP contribution in [0.15, 0.2) is 17.5 Å². The predicted molar refractivity (Wildman–Crippen MR) is 125 cm³/mol. The highest BCUT2D eigenvalue weighted by Gasteiger charge is 2.50. The zero-order chi connectivity index (χ0) is 21.6. The molecular formula is C25H35N3O2S. The molecule has 5 nitrogen and oxygen atoms in total. The molecule has 2 aromatic rings. The van der Waals surface area contributed by atoms with Crippen LogP contribution >= 0.6 is 11.3 Å². The Morgan fingerprint density at radius 2 is 1.81 bits per heavy atom. The highest BCUT2D eigenvalue weighted by atomic mass is 32.1. The van der Waals surface area contributed by atoms with Gasteiger partial charge in [-0.3, -0.25) is 9.59 Å². The molecule has 5 rings (SSSR count). The number of carbonyl (C=O) groups excluding carboxylic acids is 2. The van der Waals surface area contributed by atoms with Gasteiger partial charge in [0.15, 0.2) is 0 Å². The summed E-state index contributed by atoms with van der Waals surface area (Å²) >= 11 is 1.67. The van der Waals surface area contributed by atoms with Gasteiger partial charge in [-0.1, -0.05) is 32.6 Å².